The van der Waals surface area contributed by atoms with Crippen molar-refractivity contribution in [2.45, 2.75) is 45.2 Å². The highest BCUT2D eigenvalue weighted by Crippen LogP contribution is 2.37. The van der Waals surface area contributed by atoms with Crippen molar-refractivity contribution in [2.75, 3.05) is 6.61 Å². The van der Waals surface area contributed by atoms with Crippen LogP contribution in [0.15, 0.2) is 48.8 Å². The molecule has 0 spiro atoms. The first-order valence-electron chi connectivity index (χ1n) is 10.9. The molecule has 5 rings (SSSR count). The summed E-state index contributed by atoms with van der Waals surface area (Å²) in [5.41, 5.74) is 4.44. The molecule has 0 radical (unpaired) electrons. The van der Waals surface area contributed by atoms with E-state index >= 15 is 4.39 Å². The van der Waals surface area contributed by atoms with Crippen molar-refractivity contribution in [1.29, 1.82) is 0 Å². The van der Waals surface area contributed by atoms with Crippen LogP contribution in [0.3, 0.4) is 0 Å². The van der Waals surface area contributed by atoms with E-state index in [0.717, 1.165) is 36.1 Å². The van der Waals surface area contributed by atoms with Gasteiger partial charge in [-0.15, -0.1) is 0 Å². The maximum atomic E-state index is 15.3. The highest BCUT2D eigenvalue weighted by molar-refractivity contribution is 5.99. The minimum Gasteiger partial charge on any atom is -0.396 e. The standard InChI is InChI=1S/C25H26FN3O2/c1-16-19(12-17-6-8-20(9-7-17)29-11-3-10-27-29)13-21-22(24(16)26)14-28(25(21)31)23-5-2-4-18(23)15-30/h3,6-11,13,18,23,30H,2,4-5,12,14-15H2,1H3/t18-,23+/m1/s1. The molecule has 0 saturated heterocycles. The molecule has 0 unspecified atom stereocenters. The summed E-state index contributed by atoms with van der Waals surface area (Å²) < 4.78 is 17.1. The maximum Gasteiger partial charge on any atom is 0.254 e. The molecule has 5 nitrogen and oxygen atoms in total. The molecule has 31 heavy (non-hydrogen) atoms. The van der Waals surface area contributed by atoms with Gasteiger partial charge in [-0.2, -0.15) is 5.10 Å². The second kappa shape index (κ2) is 7.93. The monoisotopic (exact) mass is 419 g/mol. The molecule has 0 bridgehead atoms. The number of aliphatic hydroxyl groups excluding tert-OH is 1. The predicted molar refractivity (Wildman–Crippen MR) is 116 cm³/mol. The van der Waals surface area contributed by atoms with Crippen LogP contribution in [0.1, 0.15) is 51.9 Å². The van der Waals surface area contributed by atoms with Gasteiger partial charge in [-0.05, 0) is 67.1 Å². The van der Waals surface area contributed by atoms with Crippen LogP contribution >= 0.6 is 0 Å². The Morgan fingerprint density at radius 1 is 1.23 bits per heavy atom. The first-order chi connectivity index (χ1) is 15.1. The van der Waals surface area contributed by atoms with Crippen LogP contribution in [0, 0.1) is 18.7 Å². The topological polar surface area (TPSA) is 58.4 Å². The number of carbonyl (C=O) groups excluding carboxylic acids is 1. The molecule has 2 aliphatic rings. The number of aromatic nitrogens is 2. The van der Waals surface area contributed by atoms with Crippen molar-refractivity contribution in [3.63, 3.8) is 0 Å². The maximum absolute atomic E-state index is 15.3. The third-order valence-electron chi connectivity index (χ3n) is 6.89. The molecule has 1 fully saturated rings. The molecule has 2 atom stereocenters. The summed E-state index contributed by atoms with van der Waals surface area (Å²) in [6.45, 7) is 2.18. The van der Waals surface area contributed by atoms with Gasteiger partial charge in [-0.1, -0.05) is 18.6 Å². The molecule has 2 heterocycles. The van der Waals surface area contributed by atoms with Crippen molar-refractivity contribution in [2.24, 2.45) is 5.92 Å². The molecule has 1 saturated carbocycles. The van der Waals surface area contributed by atoms with Crippen LogP contribution in [0.2, 0.25) is 0 Å². The second-order valence-corrected chi connectivity index (χ2v) is 8.67. The zero-order valence-corrected chi connectivity index (χ0v) is 17.6. The lowest BCUT2D eigenvalue weighted by Gasteiger charge is -2.28. The number of hydrogen-bond acceptors (Lipinski definition) is 3. The fourth-order valence-electron chi connectivity index (χ4n) is 5.10. The summed E-state index contributed by atoms with van der Waals surface area (Å²) in [6.07, 6.45) is 6.98. The highest BCUT2D eigenvalue weighted by Gasteiger charge is 2.40. The lowest BCUT2D eigenvalue weighted by Crippen LogP contribution is -2.39. The summed E-state index contributed by atoms with van der Waals surface area (Å²) in [5.74, 6) is -0.278. The Labute approximate surface area is 181 Å². The number of hydrogen-bond donors (Lipinski definition) is 1. The summed E-state index contributed by atoms with van der Waals surface area (Å²) in [7, 11) is 0. The smallest absolute Gasteiger partial charge is 0.254 e. The van der Waals surface area contributed by atoms with E-state index in [1.807, 2.05) is 42.6 Å². The molecule has 1 aliphatic heterocycles. The highest BCUT2D eigenvalue weighted by atomic mass is 19.1. The molecule has 1 N–H and O–H groups in total. The lowest BCUT2D eigenvalue weighted by atomic mass is 9.95. The molecule has 3 aromatic rings. The lowest BCUT2D eigenvalue weighted by molar-refractivity contribution is 0.0611. The number of carbonyl (C=O) groups is 1. The van der Waals surface area contributed by atoms with Gasteiger partial charge in [-0.3, -0.25) is 4.79 Å². The van der Waals surface area contributed by atoms with Crippen molar-refractivity contribution in [3.05, 3.63) is 82.4 Å². The van der Waals surface area contributed by atoms with E-state index in [1.165, 1.54) is 0 Å². The summed E-state index contributed by atoms with van der Waals surface area (Å²) in [5, 5.41) is 13.9. The van der Waals surface area contributed by atoms with E-state index in [9.17, 15) is 9.90 Å². The Hall–Kier alpha value is -2.99. The Balaban J connectivity index is 1.41. The Bertz CT molecular complexity index is 1110. The minimum atomic E-state index is -0.268. The Morgan fingerprint density at radius 3 is 2.74 bits per heavy atom. The van der Waals surface area contributed by atoms with Crippen LogP contribution in [0.4, 0.5) is 4.39 Å². The fraction of sp³-hybridized carbons (Fsp3) is 0.360. The summed E-state index contributed by atoms with van der Waals surface area (Å²) >= 11 is 0. The van der Waals surface area contributed by atoms with Gasteiger partial charge in [0.2, 0.25) is 0 Å². The van der Waals surface area contributed by atoms with Crippen molar-refractivity contribution < 1.29 is 14.3 Å². The second-order valence-electron chi connectivity index (χ2n) is 8.67. The molecule has 1 aliphatic carbocycles. The van der Waals surface area contributed by atoms with E-state index in [2.05, 4.69) is 5.10 Å². The zero-order chi connectivity index (χ0) is 21.5. The van der Waals surface area contributed by atoms with Gasteiger partial charge in [0.25, 0.3) is 5.91 Å². The van der Waals surface area contributed by atoms with E-state index in [-0.39, 0.29) is 30.3 Å². The van der Waals surface area contributed by atoms with Crippen LogP contribution in [0.25, 0.3) is 5.69 Å². The zero-order valence-electron chi connectivity index (χ0n) is 17.6. The average molecular weight is 420 g/mol. The number of amides is 1. The molecule has 160 valence electrons. The number of aliphatic hydroxyl groups is 1. The van der Waals surface area contributed by atoms with Crippen LogP contribution in [0.5, 0.6) is 0 Å². The first kappa shape index (κ1) is 19.9. The number of fused-ring (bicyclic) bond motifs is 1. The number of halogens is 1. The van der Waals surface area contributed by atoms with Crippen LogP contribution in [-0.2, 0) is 13.0 Å². The number of rotatable bonds is 5. The van der Waals surface area contributed by atoms with Crippen LogP contribution in [-0.4, -0.2) is 38.3 Å². The third-order valence-corrected chi connectivity index (χ3v) is 6.89. The van der Waals surface area contributed by atoms with E-state index in [1.54, 1.807) is 22.7 Å². The quantitative estimate of drug-likeness (QED) is 0.679. The molecular weight excluding hydrogens is 393 g/mol. The van der Waals surface area contributed by atoms with Gasteiger partial charge < -0.3 is 10.0 Å². The van der Waals surface area contributed by atoms with E-state index in [4.69, 9.17) is 0 Å². The van der Waals surface area contributed by atoms with E-state index in [0.29, 0.717) is 29.7 Å². The molecule has 1 aromatic heterocycles. The van der Waals surface area contributed by atoms with Gasteiger partial charge in [0.15, 0.2) is 0 Å². The minimum absolute atomic E-state index is 0.00268. The fourth-order valence-corrected chi connectivity index (χ4v) is 5.10. The molecular formula is C25H26FN3O2. The van der Waals surface area contributed by atoms with E-state index < -0.39 is 0 Å². The summed E-state index contributed by atoms with van der Waals surface area (Å²) in [4.78, 5) is 14.9. The molecule has 2 aromatic carbocycles. The van der Waals surface area contributed by atoms with Crippen molar-refractivity contribution >= 4 is 5.91 Å². The van der Waals surface area contributed by atoms with Gasteiger partial charge in [0.05, 0.1) is 5.69 Å². The number of benzene rings is 2. The van der Waals surface area contributed by atoms with Gasteiger partial charge >= 0.3 is 0 Å². The number of nitrogens with zero attached hydrogens (tertiary/aromatic N) is 3. The first-order valence-corrected chi connectivity index (χ1v) is 10.9. The molecule has 6 heteroatoms. The van der Waals surface area contributed by atoms with Gasteiger partial charge in [0.1, 0.15) is 5.82 Å². The van der Waals surface area contributed by atoms with Gasteiger partial charge in [-0.25, -0.2) is 9.07 Å². The average Bonchev–Trinajstić information content (AvgIpc) is 3.53. The van der Waals surface area contributed by atoms with Crippen molar-refractivity contribution in [1.82, 2.24) is 14.7 Å². The third kappa shape index (κ3) is 3.45. The normalized spacial score (nSPS) is 20.5. The largest absolute Gasteiger partial charge is 0.396 e. The van der Waals surface area contributed by atoms with Crippen molar-refractivity contribution in [3.8, 4) is 5.69 Å². The molecule has 1 amide bonds. The van der Waals surface area contributed by atoms with Gasteiger partial charge in [0, 0.05) is 48.6 Å². The van der Waals surface area contributed by atoms with Crippen LogP contribution < -0.4 is 0 Å². The predicted octanol–water partition coefficient (Wildman–Crippen LogP) is 4.03. The SMILES string of the molecule is Cc1c(Cc2ccc(-n3cccn3)cc2)cc2c(c1F)CN([C@H]1CCC[C@@H]1CO)C2=O. The Morgan fingerprint density at radius 2 is 2.03 bits per heavy atom. The Kier molecular flexibility index (Phi) is 5.10. The summed E-state index contributed by atoms with van der Waals surface area (Å²) in [6, 6.07) is 11.8.